The molecule has 0 amide bonds. The van der Waals surface area contributed by atoms with E-state index in [4.69, 9.17) is 9.52 Å². The van der Waals surface area contributed by atoms with Crippen LogP contribution in [-0.4, -0.2) is 16.1 Å². The van der Waals surface area contributed by atoms with E-state index in [0.29, 0.717) is 6.04 Å². The maximum absolute atomic E-state index is 9.15. The molecule has 1 aliphatic carbocycles. The van der Waals surface area contributed by atoms with Crippen molar-refractivity contribution in [3.8, 4) is 0 Å². The normalized spacial score (nSPS) is 14.6. The lowest BCUT2D eigenvalue weighted by molar-refractivity contribution is 0.281. The van der Waals surface area contributed by atoms with Crippen LogP contribution in [0.25, 0.3) is 0 Å². The van der Waals surface area contributed by atoms with Crippen LogP contribution in [-0.2, 0) is 13.2 Å². The predicted octanol–water partition coefficient (Wildman–Crippen LogP) is 2.64. The molecule has 0 radical (unpaired) electrons. The van der Waals surface area contributed by atoms with E-state index in [1.807, 2.05) is 25.1 Å². The van der Waals surface area contributed by atoms with Gasteiger partial charge >= 0.3 is 0 Å². The number of anilines is 1. The summed E-state index contributed by atoms with van der Waals surface area (Å²) in [6.45, 7) is 2.83. The fourth-order valence-corrected chi connectivity index (χ4v) is 2.35. The largest absolute Gasteiger partial charge is 0.467 e. The highest BCUT2D eigenvalue weighted by molar-refractivity contribution is 5.49. The van der Waals surface area contributed by atoms with E-state index in [0.717, 1.165) is 29.2 Å². The molecule has 0 unspecified atom stereocenters. The molecule has 1 N–H and O–H groups in total. The zero-order valence-electron chi connectivity index (χ0n) is 11.0. The number of aliphatic hydroxyl groups is 1. The van der Waals surface area contributed by atoms with Crippen LogP contribution in [0.2, 0.25) is 0 Å². The molecule has 1 saturated carbocycles. The molecule has 0 aromatic carbocycles. The van der Waals surface area contributed by atoms with Crippen LogP contribution >= 0.6 is 0 Å². The van der Waals surface area contributed by atoms with Gasteiger partial charge in [-0.2, -0.15) is 0 Å². The molecule has 1 fully saturated rings. The molecule has 0 atom stereocenters. The summed E-state index contributed by atoms with van der Waals surface area (Å²) < 4.78 is 5.44. The number of nitrogens with zero attached hydrogens (tertiary/aromatic N) is 2. The van der Waals surface area contributed by atoms with Crippen LogP contribution in [0.15, 0.2) is 35.1 Å². The van der Waals surface area contributed by atoms with Crippen molar-refractivity contribution < 1.29 is 9.52 Å². The molecule has 19 heavy (non-hydrogen) atoms. The first kappa shape index (κ1) is 12.2. The molecule has 0 spiro atoms. The first-order valence-electron chi connectivity index (χ1n) is 6.63. The van der Waals surface area contributed by atoms with Crippen LogP contribution in [0.5, 0.6) is 0 Å². The average Bonchev–Trinajstić information content (AvgIpc) is 3.14. The molecule has 0 bridgehead atoms. The van der Waals surface area contributed by atoms with Gasteiger partial charge in [-0.3, -0.25) is 0 Å². The number of pyridine rings is 1. The van der Waals surface area contributed by atoms with E-state index < -0.39 is 0 Å². The number of rotatable bonds is 5. The highest BCUT2D eigenvalue weighted by Crippen LogP contribution is 2.33. The van der Waals surface area contributed by atoms with Crippen molar-refractivity contribution in [2.75, 3.05) is 4.90 Å². The van der Waals surface area contributed by atoms with E-state index in [-0.39, 0.29) is 6.61 Å². The molecule has 0 aliphatic heterocycles. The molecule has 0 saturated heterocycles. The third-order valence-electron chi connectivity index (χ3n) is 3.46. The Morgan fingerprint density at radius 2 is 2.32 bits per heavy atom. The van der Waals surface area contributed by atoms with Gasteiger partial charge in [0.05, 0.1) is 19.4 Å². The zero-order valence-corrected chi connectivity index (χ0v) is 11.0. The van der Waals surface area contributed by atoms with Crippen LogP contribution in [0.1, 0.15) is 29.7 Å². The minimum Gasteiger partial charge on any atom is -0.467 e. The third kappa shape index (κ3) is 2.63. The van der Waals surface area contributed by atoms with Gasteiger partial charge in [-0.05, 0) is 49.1 Å². The van der Waals surface area contributed by atoms with Crippen LogP contribution in [0, 0.1) is 6.92 Å². The molecule has 4 nitrogen and oxygen atoms in total. The van der Waals surface area contributed by atoms with E-state index in [1.165, 1.54) is 12.8 Å². The maximum atomic E-state index is 9.15. The summed E-state index contributed by atoms with van der Waals surface area (Å²) >= 11 is 0. The van der Waals surface area contributed by atoms with E-state index >= 15 is 0 Å². The molecule has 2 aromatic rings. The molecule has 100 valence electrons. The van der Waals surface area contributed by atoms with Gasteiger partial charge < -0.3 is 14.4 Å². The second-order valence-electron chi connectivity index (χ2n) is 5.08. The Morgan fingerprint density at radius 1 is 1.47 bits per heavy atom. The van der Waals surface area contributed by atoms with Crippen LogP contribution < -0.4 is 4.90 Å². The number of hydrogen-bond donors (Lipinski definition) is 1. The van der Waals surface area contributed by atoms with Crippen molar-refractivity contribution in [3.63, 3.8) is 0 Å². The Bertz CT molecular complexity index is 547. The number of aliphatic hydroxyl groups excluding tert-OH is 1. The lowest BCUT2D eigenvalue weighted by Gasteiger charge is -2.24. The zero-order chi connectivity index (χ0) is 13.2. The molecule has 2 aromatic heterocycles. The Labute approximate surface area is 112 Å². The van der Waals surface area contributed by atoms with Crippen LogP contribution in [0.3, 0.4) is 0 Å². The Kier molecular flexibility index (Phi) is 3.25. The lowest BCUT2D eigenvalue weighted by atomic mass is 10.2. The van der Waals surface area contributed by atoms with Crippen molar-refractivity contribution in [2.24, 2.45) is 0 Å². The summed E-state index contributed by atoms with van der Waals surface area (Å²) in [6, 6.07) is 6.47. The average molecular weight is 258 g/mol. The monoisotopic (exact) mass is 258 g/mol. The predicted molar refractivity (Wildman–Crippen MR) is 72.8 cm³/mol. The summed E-state index contributed by atoms with van der Waals surface area (Å²) in [7, 11) is 0. The molecule has 1 aliphatic rings. The van der Waals surface area contributed by atoms with Crippen LogP contribution in [0.4, 0.5) is 5.82 Å². The van der Waals surface area contributed by atoms with Gasteiger partial charge in [-0.25, -0.2) is 4.98 Å². The van der Waals surface area contributed by atoms with Crippen molar-refractivity contribution in [2.45, 2.75) is 39.0 Å². The third-order valence-corrected chi connectivity index (χ3v) is 3.46. The first-order chi connectivity index (χ1) is 9.28. The van der Waals surface area contributed by atoms with Crippen molar-refractivity contribution in [1.82, 2.24) is 4.98 Å². The van der Waals surface area contributed by atoms with Gasteiger partial charge in [0.2, 0.25) is 0 Å². The van der Waals surface area contributed by atoms with Gasteiger partial charge in [-0.15, -0.1) is 0 Å². The second kappa shape index (κ2) is 5.05. The SMILES string of the molecule is Cc1cc(CO)cnc1N(Cc1ccco1)C1CC1. The van der Waals surface area contributed by atoms with E-state index in [1.54, 1.807) is 12.5 Å². The minimum absolute atomic E-state index is 0.0374. The van der Waals surface area contributed by atoms with Crippen molar-refractivity contribution in [1.29, 1.82) is 0 Å². The topological polar surface area (TPSA) is 49.5 Å². The Morgan fingerprint density at radius 3 is 2.89 bits per heavy atom. The molecule has 2 heterocycles. The van der Waals surface area contributed by atoms with Gasteiger partial charge in [0.25, 0.3) is 0 Å². The molecule has 4 heteroatoms. The Balaban J connectivity index is 1.87. The van der Waals surface area contributed by atoms with Gasteiger partial charge in [0, 0.05) is 12.2 Å². The second-order valence-corrected chi connectivity index (χ2v) is 5.08. The lowest BCUT2D eigenvalue weighted by Crippen LogP contribution is -2.26. The molecule has 3 rings (SSSR count). The summed E-state index contributed by atoms with van der Waals surface area (Å²) in [4.78, 5) is 6.82. The number of aryl methyl sites for hydroxylation is 1. The summed E-state index contributed by atoms with van der Waals surface area (Å²) in [5.74, 6) is 1.95. The fourth-order valence-electron chi connectivity index (χ4n) is 2.35. The van der Waals surface area contributed by atoms with Gasteiger partial charge in [-0.1, -0.05) is 0 Å². The molecular formula is C15H18N2O2. The van der Waals surface area contributed by atoms with E-state index in [9.17, 15) is 0 Å². The first-order valence-corrected chi connectivity index (χ1v) is 6.63. The summed E-state index contributed by atoms with van der Waals surface area (Å²) in [6.07, 6.45) is 5.88. The maximum Gasteiger partial charge on any atom is 0.132 e. The van der Waals surface area contributed by atoms with Gasteiger partial charge in [0.15, 0.2) is 0 Å². The number of furan rings is 1. The quantitative estimate of drug-likeness (QED) is 0.895. The van der Waals surface area contributed by atoms with E-state index in [2.05, 4.69) is 9.88 Å². The smallest absolute Gasteiger partial charge is 0.132 e. The van der Waals surface area contributed by atoms with Crippen molar-refractivity contribution in [3.05, 3.63) is 47.5 Å². The fraction of sp³-hybridized carbons (Fsp3) is 0.400. The molecular weight excluding hydrogens is 240 g/mol. The summed E-state index contributed by atoms with van der Waals surface area (Å²) in [5, 5.41) is 9.15. The minimum atomic E-state index is 0.0374. The van der Waals surface area contributed by atoms with Crippen molar-refractivity contribution >= 4 is 5.82 Å². The highest BCUT2D eigenvalue weighted by atomic mass is 16.3. The number of aromatic nitrogens is 1. The standard InChI is InChI=1S/C15H18N2O2/c1-11-7-12(10-18)8-16-15(11)17(13-4-5-13)9-14-3-2-6-19-14/h2-3,6-8,13,18H,4-5,9-10H2,1H3. The highest BCUT2D eigenvalue weighted by Gasteiger charge is 2.31. The Hall–Kier alpha value is -1.81. The summed E-state index contributed by atoms with van der Waals surface area (Å²) in [5.41, 5.74) is 1.96. The number of hydrogen-bond acceptors (Lipinski definition) is 4. The van der Waals surface area contributed by atoms with Gasteiger partial charge in [0.1, 0.15) is 11.6 Å².